The third-order valence-electron chi connectivity index (χ3n) is 4.77. The predicted octanol–water partition coefficient (Wildman–Crippen LogP) is 3.18. The normalized spacial score (nSPS) is 13.9. The quantitative estimate of drug-likeness (QED) is 0.554. The van der Waals surface area contributed by atoms with E-state index in [1.54, 1.807) is 29.1 Å². The molecule has 0 saturated carbocycles. The molecule has 27 heavy (non-hydrogen) atoms. The van der Waals surface area contributed by atoms with Gasteiger partial charge in [0.25, 0.3) is 5.69 Å². The molecule has 0 unspecified atom stereocenters. The van der Waals surface area contributed by atoms with Crippen LogP contribution in [0.25, 0.3) is 10.9 Å². The lowest BCUT2D eigenvalue weighted by Gasteiger charge is -2.17. The van der Waals surface area contributed by atoms with E-state index in [4.69, 9.17) is 0 Å². The summed E-state index contributed by atoms with van der Waals surface area (Å²) in [6.07, 6.45) is 5.93. The number of nitrogens with one attached hydrogen (secondary N) is 1. The van der Waals surface area contributed by atoms with Crippen molar-refractivity contribution in [2.75, 3.05) is 23.3 Å². The molecule has 0 aliphatic carbocycles. The minimum absolute atomic E-state index is 0.0343. The van der Waals surface area contributed by atoms with Crippen LogP contribution in [0.2, 0.25) is 0 Å². The number of amides is 1. The fourth-order valence-corrected chi connectivity index (χ4v) is 3.40. The first-order valence-electron chi connectivity index (χ1n) is 8.84. The zero-order valence-electron chi connectivity index (χ0n) is 14.7. The fraction of sp³-hybridized carbons (Fsp3) is 0.263. The molecule has 1 fully saturated rings. The maximum atomic E-state index is 12.3. The monoisotopic (exact) mass is 365 g/mol. The van der Waals surface area contributed by atoms with E-state index in [9.17, 15) is 14.9 Å². The predicted molar refractivity (Wildman–Crippen MR) is 103 cm³/mol. The molecule has 8 nitrogen and oxygen atoms in total. The van der Waals surface area contributed by atoms with Gasteiger partial charge in [0, 0.05) is 42.3 Å². The van der Waals surface area contributed by atoms with Gasteiger partial charge >= 0.3 is 0 Å². The SMILES string of the molecule is O=C(Cn1ccc2cc([N+](=O)[O-])ccc21)Nc1ccc(N2CCCC2)cn1. The van der Waals surface area contributed by atoms with Gasteiger partial charge in [-0.2, -0.15) is 0 Å². The minimum Gasteiger partial charge on any atom is -0.370 e. The number of aromatic nitrogens is 2. The van der Waals surface area contributed by atoms with Gasteiger partial charge in [-0.25, -0.2) is 4.98 Å². The minimum atomic E-state index is -0.430. The number of carbonyl (C=O) groups excluding carboxylic acids is 1. The number of carbonyl (C=O) groups is 1. The van der Waals surface area contributed by atoms with Gasteiger partial charge in [-0.3, -0.25) is 14.9 Å². The third kappa shape index (κ3) is 3.59. The number of nitro benzene ring substituents is 1. The fourth-order valence-electron chi connectivity index (χ4n) is 3.40. The molecule has 0 spiro atoms. The second-order valence-corrected chi connectivity index (χ2v) is 6.59. The van der Waals surface area contributed by atoms with Crippen LogP contribution >= 0.6 is 0 Å². The average Bonchev–Trinajstić information content (AvgIpc) is 3.32. The first-order valence-corrected chi connectivity index (χ1v) is 8.84. The van der Waals surface area contributed by atoms with E-state index in [-0.39, 0.29) is 18.1 Å². The van der Waals surface area contributed by atoms with Crippen LogP contribution in [0, 0.1) is 10.1 Å². The average molecular weight is 365 g/mol. The maximum absolute atomic E-state index is 12.3. The number of anilines is 2. The first-order chi connectivity index (χ1) is 13.1. The van der Waals surface area contributed by atoms with Gasteiger partial charge in [0.05, 0.1) is 16.8 Å². The molecule has 3 heterocycles. The van der Waals surface area contributed by atoms with E-state index in [1.165, 1.54) is 25.0 Å². The highest BCUT2D eigenvalue weighted by atomic mass is 16.6. The van der Waals surface area contributed by atoms with Crippen LogP contribution in [0.3, 0.4) is 0 Å². The Hall–Kier alpha value is -3.42. The highest BCUT2D eigenvalue weighted by Gasteiger charge is 2.14. The van der Waals surface area contributed by atoms with Crippen molar-refractivity contribution in [1.82, 2.24) is 9.55 Å². The smallest absolute Gasteiger partial charge is 0.270 e. The number of fused-ring (bicyclic) bond motifs is 1. The molecular formula is C19H19N5O3. The number of benzene rings is 1. The zero-order valence-corrected chi connectivity index (χ0v) is 14.7. The molecule has 1 amide bonds. The molecule has 0 radical (unpaired) electrons. The summed E-state index contributed by atoms with van der Waals surface area (Å²) < 4.78 is 1.76. The molecule has 1 aliphatic rings. The Morgan fingerprint density at radius 3 is 2.70 bits per heavy atom. The standard InChI is InChI=1S/C19H19N5O3/c25-19(21-18-6-4-16(12-20-18)22-8-1-2-9-22)13-23-10-7-14-11-15(24(26)27)3-5-17(14)23/h3-7,10-12H,1-2,8-9,13H2,(H,20,21,25). The van der Waals surface area contributed by atoms with Crippen molar-refractivity contribution >= 4 is 34.0 Å². The van der Waals surface area contributed by atoms with Crippen molar-refractivity contribution in [2.24, 2.45) is 0 Å². The van der Waals surface area contributed by atoms with E-state index in [0.717, 1.165) is 29.7 Å². The van der Waals surface area contributed by atoms with Gasteiger partial charge in [0.1, 0.15) is 12.4 Å². The summed E-state index contributed by atoms with van der Waals surface area (Å²) >= 11 is 0. The van der Waals surface area contributed by atoms with Gasteiger partial charge in [-0.05, 0) is 37.1 Å². The summed E-state index contributed by atoms with van der Waals surface area (Å²) in [6.45, 7) is 2.20. The summed E-state index contributed by atoms with van der Waals surface area (Å²) in [5.74, 6) is 0.308. The lowest BCUT2D eigenvalue weighted by Crippen LogP contribution is -2.20. The maximum Gasteiger partial charge on any atom is 0.270 e. The number of nitro groups is 1. The van der Waals surface area contributed by atoms with Crippen LogP contribution in [0.1, 0.15) is 12.8 Å². The van der Waals surface area contributed by atoms with Crippen molar-refractivity contribution in [1.29, 1.82) is 0 Å². The Bertz CT molecular complexity index is 990. The van der Waals surface area contributed by atoms with Crippen molar-refractivity contribution < 1.29 is 9.72 Å². The van der Waals surface area contributed by atoms with Crippen molar-refractivity contribution in [2.45, 2.75) is 19.4 Å². The lowest BCUT2D eigenvalue weighted by molar-refractivity contribution is -0.384. The molecule has 0 bridgehead atoms. The van der Waals surface area contributed by atoms with Crippen LogP contribution in [0.15, 0.2) is 48.8 Å². The number of hydrogen-bond acceptors (Lipinski definition) is 5. The molecular weight excluding hydrogens is 346 g/mol. The Labute approximate surface area is 155 Å². The van der Waals surface area contributed by atoms with Crippen LogP contribution < -0.4 is 10.2 Å². The number of pyridine rings is 1. The van der Waals surface area contributed by atoms with Gasteiger partial charge in [0.2, 0.25) is 5.91 Å². The van der Waals surface area contributed by atoms with E-state index >= 15 is 0 Å². The molecule has 0 atom stereocenters. The largest absolute Gasteiger partial charge is 0.370 e. The highest BCUT2D eigenvalue weighted by molar-refractivity contribution is 5.91. The molecule has 138 valence electrons. The van der Waals surface area contributed by atoms with E-state index in [0.29, 0.717) is 5.82 Å². The van der Waals surface area contributed by atoms with Crippen molar-refractivity contribution in [3.63, 3.8) is 0 Å². The lowest BCUT2D eigenvalue weighted by atomic mass is 10.2. The molecule has 1 N–H and O–H groups in total. The Morgan fingerprint density at radius 1 is 1.19 bits per heavy atom. The highest BCUT2D eigenvalue weighted by Crippen LogP contribution is 2.22. The topological polar surface area (TPSA) is 93.3 Å². The Kier molecular flexibility index (Phi) is 4.45. The summed E-state index contributed by atoms with van der Waals surface area (Å²) in [5.41, 5.74) is 1.88. The van der Waals surface area contributed by atoms with Crippen LogP contribution in [-0.2, 0) is 11.3 Å². The molecule has 3 aromatic rings. The van der Waals surface area contributed by atoms with E-state index in [1.807, 2.05) is 12.1 Å². The van der Waals surface area contributed by atoms with Gasteiger partial charge < -0.3 is 14.8 Å². The molecule has 1 aliphatic heterocycles. The number of rotatable bonds is 5. The number of non-ortho nitro benzene ring substituents is 1. The van der Waals surface area contributed by atoms with E-state index < -0.39 is 4.92 Å². The summed E-state index contributed by atoms with van der Waals surface area (Å²) in [6, 6.07) is 10.1. The van der Waals surface area contributed by atoms with E-state index in [2.05, 4.69) is 15.2 Å². The van der Waals surface area contributed by atoms with Crippen LogP contribution in [0.5, 0.6) is 0 Å². The number of hydrogen-bond donors (Lipinski definition) is 1. The molecule has 8 heteroatoms. The second kappa shape index (κ2) is 7.06. The molecule has 1 saturated heterocycles. The van der Waals surface area contributed by atoms with Gasteiger partial charge in [0.15, 0.2) is 0 Å². The van der Waals surface area contributed by atoms with Crippen LogP contribution in [-0.4, -0.2) is 33.5 Å². The van der Waals surface area contributed by atoms with Gasteiger partial charge in [-0.1, -0.05) is 0 Å². The Morgan fingerprint density at radius 2 is 2.00 bits per heavy atom. The summed E-state index contributed by atoms with van der Waals surface area (Å²) in [7, 11) is 0. The second-order valence-electron chi connectivity index (χ2n) is 6.59. The van der Waals surface area contributed by atoms with Crippen molar-refractivity contribution in [3.05, 3.63) is 58.9 Å². The molecule has 4 rings (SSSR count). The van der Waals surface area contributed by atoms with Crippen molar-refractivity contribution in [3.8, 4) is 0 Å². The number of nitrogens with zero attached hydrogens (tertiary/aromatic N) is 4. The first kappa shape index (κ1) is 17.0. The Balaban J connectivity index is 1.43. The van der Waals surface area contributed by atoms with Crippen LogP contribution in [0.4, 0.5) is 17.2 Å². The summed E-state index contributed by atoms with van der Waals surface area (Å²) in [5, 5.41) is 14.4. The molecule has 2 aromatic heterocycles. The molecule has 1 aromatic carbocycles. The van der Waals surface area contributed by atoms with Gasteiger partial charge in [-0.15, -0.1) is 0 Å². The summed E-state index contributed by atoms with van der Waals surface area (Å²) in [4.78, 5) is 29.4. The third-order valence-corrected chi connectivity index (χ3v) is 4.77. The zero-order chi connectivity index (χ0) is 18.8.